The molecule has 142 valence electrons. The number of carboxylic acid groups (broad SMARTS) is 1. The first kappa shape index (κ1) is 20.3. The first-order valence-corrected chi connectivity index (χ1v) is 10.6. The van der Waals surface area contributed by atoms with Crippen LogP contribution < -0.4 is 0 Å². The van der Waals surface area contributed by atoms with Crippen molar-refractivity contribution < 1.29 is 28.6 Å². The van der Waals surface area contributed by atoms with Crippen LogP contribution >= 0.6 is 7.37 Å². The van der Waals surface area contributed by atoms with Gasteiger partial charge in [0, 0.05) is 6.16 Å². The molecule has 7 nitrogen and oxygen atoms in total. The largest absolute Gasteiger partial charge is 0.481 e. The molecule has 1 aliphatic rings. The molecule has 2 amide bonds. The molecule has 0 saturated heterocycles. The van der Waals surface area contributed by atoms with Crippen LogP contribution in [-0.2, 0) is 13.9 Å². The molecule has 26 heavy (non-hydrogen) atoms. The summed E-state index contributed by atoms with van der Waals surface area (Å²) < 4.78 is 18.7. The van der Waals surface area contributed by atoms with Gasteiger partial charge in [-0.1, -0.05) is 26.0 Å². The van der Waals surface area contributed by atoms with E-state index in [1.165, 1.54) is 0 Å². The highest BCUT2D eigenvalue weighted by atomic mass is 31.2. The van der Waals surface area contributed by atoms with Gasteiger partial charge in [-0.25, -0.2) is 0 Å². The van der Waals surface area contributed by atoms with Gasteiger partial charge in [-0.2, -0.15) is 0 Å². The van der Waals surface area contributed by atoms with Gasteiger partial charge in [0.25, 0.3) is 11.8 Å². The summed E-state index contributed by atoms with van der Waals surface area (Å²) >= 11 is 0. The highest BCUT2D eigenvalue weighted by Crippen LogP contribution is 2.50. The molecule has 1 aromatic rings. The molecule has 0 saturated carbocycles. The van der Waals surface area contributed by atoms with E-state index >= 15 is 0 Å². The first-order valence-electron chi connectivity index (χ1n) is 8.59. The minimum atomic E-state index is -3.53. The number of carbonyl (C=O) groups is 3. The van der Waals surface area contributed by atoms with E-state index in [4.69, 9.17) is 4.52 Å². The minimum absolute atomic E-state index is 0.102. The van der Waals surface area contributed by atoms with E-state index < -0.39 is 37.4 Å². The van der Waals surface area contributed by atoms with Crippen molar-refractivity contribution in [2.75, 3.05) is 19.1 Å². The quantitative estimate of drug-likeness (QED) is 0.520. The summed E-state index contributed by atoms with van der Waals surface area (Å²) in [5.74, 6) is -2.86. The van der Waals surface area contributed by atoms with Gasteiger partial charge in [-0.3, -0.25) is 23.8 Å². The lowest BCUT2D eigenvalue weighted by atomic mass is 9.99. The fraction of sp³-hybridized carbons (Fsp3) is 0.500. The SMILES string of the molecule is CCOP(=O)(CC(CC(C)C)C(=O)O)CN1C(=O)c2ccccc2C1=O. The molecule has 2 rings (SSSR count). The fourth-order valence-electron chi connectivity index (χ4n) is 3.13. The van der Waals surface area contributed by atoms with E-state index in [9.17, 15) is 24.1 Å². The second-order valence-corrected chi connectivity index (χ2v) is 9.34. The van der Waals surface area contributed by atoms with Gasteiger partial charge in [0.2, 0.25) is 7.37 Å². The lowest BCUT2D eigenvalue weighted by molar-refractivity contribution is -0.141. The van der Waals surface area contributed by atoms with Crippen molar-refractivity contribution in [2.45, 2.75) is 27.2 Å². The van der Waals surface area contributed by atoms with Crippen molar-refractivity contribution in [1.82, 2.24) is 4.90 Å². The van der Waals surface area contributed by atoms with Crippen LogP contribution in [0.5, 0.6) is 0 Å². The number of fused-ring (bicyclic) bond motifs is 1. The van der Waals surface area contributed by atoms with Crippen LogP contribution in [0, 0.1) is 11.8 Å². The lowest BCUT2D eigenvalue weighted by Crippen LogP contribution is -2.33. The minimum Gasteiger partial charge on any atom is -0.481 e. The Bertz CT molecular complexity index is 725. The third-order valence-electron chi connectivity index (χ3n) is 4.20. The molecular weight excluding hydrogens is 357 g/mol. The van der Waals surface area contributed by atoms with Gasteiger partial charge in [0.15, 0.2) is 0 Å². The number of hydrogen-bond acceptors (Lipinski definition) is 5. The topological polar surface area (TPSA) is 101 Å². The molecule has 2 unspecified atom stereocenters. The predicted molar refractivity (Wildman–Crippen MR) is 96.5 cm³/mol. The third-order valence-corrected chi connectivity index (χ3v) is 6.64. The summed E-state index contributed by atoms with van der Waals surface area (Å²) in [4.78, 5) is 37.4. The smallest absolute Gasteiger partial charge is 0.307 e. The van der Waals surface area contributed by atoms with Crippen LogP contribution in [0.4, 0.5) is 0 Å². The zero-order valence-electron chi connectivity index (χ0n) is 15.2. The summed E-state index contributed by atoms with van der Waals surface area (Å²) in [5, 5.41) is 9.44. The molecule has 1 N–H and O–H groups in total. The molecule has 0 fully saturated rings. The van der Waals surface area contributed by atoms with E-state index in [-0.39, 0.29) is 29.8 Å². The molecule has 0 radical (unpaired) electrons. The Balaban J connectivity index is 2.25. The van der Waals surface area contributed by atoms with Crippen LogP contribution in [0.15, 0.2) is 24.3 Å². The van der Waals surface area contributed by atoms with Gasteiger partial charge in [-0.05, 0) is 31.4 Å². The van der Waals surface area contributed by atoms with Gasteiger partial charge in [0.05, 0.1) is 23.7 Å². The molecule has 1 heterocycles. The number of aliphatic carboxylic acids is 1. The van der Waals surface area contributed by atoms with Crippen LogP contribution in [0.3, 0.4) is 0 Å². The first-order chi connectivity index (χ1) is 12.2. The summed E-state index contributed by atoms with van der Waals surface area (Å²) in [6.07, 6.45) is -0.272. The van der Waals surface area contributed by atoms with Crippen molar-refractivity contribution >= 4 is 25.2 Å². The maximum Gasteiger partial charge on any atom is 0.307 e. The average molecular weight is 381 g/mol. The third kappa shape index (κ3) is 4.40. The van der Waals surface area contributed by atoms with Crippen LogP contribution in [0.25, 0.3) is 0 Å². The summed E-state index contributed by atoms with van der Waals surface area (Å²) in [7, 11) is -3.53. The number of carboxylic acids is 1. The van der Waals surface area contributed by atoms with Crippen molar-refractivity contribution in [2.24, 2.45) is 11.8 Å². The average Bonchev–Trinajstić information content (AvgIpc) is 2.79. The summed E-state index contributed by atoms with van der Waals surface area (Å²) in [5.41, 5.74) is 0.523. The number of hydrogen-bond donors (Lipinski definition) is 1. The Kier molecular flexibility index (Phi) is 6.37. The van der Waals surface area contributed by atoms with Crippen LogP contribution in [0.1, 0.15) is 47.9 Å². The summed E-state index contributed by atoms with van der Waals surface area (Å²) in [6, 6.07) is 6.39. The van der Waals surface area contributed by atoms with Gasteiger partial charge in [0.1, 0.15) is 6.29 Å². The van der Waals surface area contributed by atoms with Gasteiger partial charge in [-0.15, -0.1) is 0 Å². The zero-order chi connectivity index (χ0) is 19.5. The Hall–Kier alpha value is -1.98. The lowest BCUT2D eigenvalue weighted by Gasteiger charge is -2.26. The Morgan fingerprint density at radius 2 is 1.73 bits per heavy atom. The molecule has 0 bridgehead atoms. The number of imide groups is 1. The van der Waals surface area contributed by atoms with Crippen molar-refractivity contribution in [3.8, 4) is 0 Å². The van der Waals surface area contributed by atoms with E-state index in [0.717, 1.165) is 4.90 Å². The van der Waals surface area contributed by atoms with Crippen molar-refractivity contribution in [1.29, 1.82) is 0 Å². The maximum atomic E-state index is 13.3. The highest BCUT2D eigenvalue weighted by molar-refractivity contribution is 7.59. The molecular formula is C18H24NO6P. The maximum absolute atomic E-state index is 13.3. The molecule has 1 aromatic carbocycles. The molecule has 0 aliphatic carbocycles. The second-order valence-electron chi connectivity index (χ2n) is 6.80. The van der Waals surface area contributed by atoms with E-state index in [1.807, 2.05) is 13.8 Å². The number of nitrogens with zero attached hydrogens (tertiary/aromatic N) is 1. The number of amides is 2. The zero-order valence-corrected chi connectivity index (χ0v) is 16.1. The molecule has 1 aliphatic heterocycles. The van der Waals surface area contributed by atoms with E-state index in [2.05, 4.69) is 0 Å². The molecule has 0 aromatic heterocycles. The van der Waals surface area contributed by atoms with E-state index in [0.29, 0.717) is 6.42 Å². The number of carbonyl (C=O) groups excluding carboxylic acids is 2. The normalized spacial score (nSPS) is 17.3. The molecule has 0 spiro atoms. The van der Waals surface area contributed by atoms with Crippen molar-refractivity contribution in [3.05, 3.63) is 35.4 Å². The van der Waals surface area contributed by atoms with Crippen LogP contribution in [-0.4, -0.2) is 46.8 Å². The Labute approximate surface area is 152 Å². The Morgan fingerprint density at radius 1 is 1.19 bits per heavy atom. The molecule has 2 atom stereocenters. The second kappa shape index (κ2) is 8.14. The van der Waals surface area contributed by atoms with E-state index in [1.54, 1.807) is 31.2 Å². The molecule has 8 heteroatoms. The predicted octanol–water partition coefficient (Wildman–Crippen LogP) is 3.30. The van der Waals surface area contributed by atoms with Crippen LogP contribution in [0.2, 0.25) is 0 Å². The van der Waals surface area contributed by atoms with Gasteiger partial charge >= 0.3 is 5.97 Å². The van der Waals surface area contributed by atoms with Gasteiger partial charge < -0.3 is 9.63 Å². The van der Waals surface area contributed by atoms with Crippen molar-refractivity contribution in [3.63, 3.8) is 0 Å². The summed E-state index contributed by atoms with van der Waals surface area (Å²) in [6.45, 7) is 5.51. The fourth-order valence-corrected chi connectivity index (χ4v) is 5.57. The standard InChI is InChI=1S/C18H24NO6P/c1-4-25-26(24,10-13(18(22)23)9-12(2)3)11-19-16(20)14-7-5-6-8-15(14)17(19)21/h5-8,12-13H,4,9-11H2,1-3H3,(H,22,23). The number of benzene rings is 1. The monoisotopic (exact) mass is 381 g/mol. The number of rotatable bonds is 9. The Morgan fingerprint density at radius 3 is 2.15 bits per heavy atom. The highest BCUT2D eigenvalue weighted by Gasteiger charge is 2.41.